The van der Waals surface area contributed by atoms with Gasteiger partial charge in [0.05, 0.1) is 17.9 Å². The van der Waals surface area contributed by atoms with Gasteiger partial charge in [-0.2, -0.15) is 0 Å². The van der Waals surface area contributed by atoms with Crippen LogP contribution in [0.3, 0.4) is 0 Å². The SMILES string of the molecule is CCO/C(=C1\C(=O)N(C(C)=O)c2cc(I)c(C)cc21)c1ccccc1. The van der Waals surface area contributed by atoms with E-state index in [-0.39, 0.29) is 11.8 Å². The largest absolute Gasteiger partial charge is 0.492 e. The number of halogens is 1. The minimum atomic E-state index is -0.337. The van der Waals surface area contributed by atoms with Crippen LogP contribution in [0.5, 0.6) is 0 Å². The monoisotopic (exact) mass is 447 g/mol. The van der Waals surface area contributed by atoms with Gasteiger partial charge in [-0.3, -0.25) is 9.59 Å². The summed E-state index contributed by atoms with van der Waals surface area (Å²) in [5.41, 5.74) is 3.68. The van der Waals surface area contributed by atoms with E-state index in [0.717, 1.165) is 20.3 Å². The molecule has 25 heavy (non-hydrogen) atoms. The normalized spacial score (nSPS) is 15.2. The summed E-state index contributed by atoms with van der Waals surface area (Å²) in [5.74, 6) is -0.125. The van der Waals surface area contributed by atoms with Gasteiger partial charge in [-0.05, 0) is 54.1 Å². The van der Waals surface area contributed by atoms with E-state index < -0.39 is 0 Å². The summed E-state index contributed by atoms with van der Waals surface area (Å²) in [5, 5.41) is 0. The maximum atomic E-state index is 13.1. The molecule has 0 unspecified atom stereocenters. The van der Waals surface area contributed by atoms with E-state index in [1.165, 1.54) is 11.8 Å². The third-order valence-corrected chi connectivity index (χ3v) is 5.23. The first-order chi connectivity index (χ1) is 12.0. The summed E-state index contributed by atoms with van der Waals surface area (Å²) >= 11 is 2.21. The highest BCUT2D eigenvalue weighted by atomic mass is 127. The smallest absolute Gasteiger partial charge is 0.269 e. The molecule has 1 aliphatic heterocycles. The molecule has 0 aromatic heterocycles. The molecule has 128 valence electrons. The quantitative estimate of drug-likeness (QED) is 0.398. The summed E-state index contributed by atoms with van der Waals surface area (Å²) in [6.07, 6.45) is 0. The van der Waals surface area contributed by atoms with Gasteiger partial charge in [-0.15, -0.1) is 0 Å². The second kappa shape index (κ2) is 7.00. The Labute approximate surface area is 160 Å². The number of ether oxygens (including phenoxy) is 1. The molecule has 0 fully saturated rings. The van der Waals surface area contributed by atoms with Gasteiger partial charge < -0.3 is 4.74 Å². The standard InChI is InChI=1S/C20H18INO3/c1-4-25-19(14-8-6-5-7-9-14)18-15-10-12(2)16(21)11-17(15)22(13(3)23)20(18)24/h5-11H,4H2,1-3H3/b19-18-. The van der Waals surface area contributed by atoms with Gasteiger partial charge in [0, 0.05) is 21.6 Å². The van der Waals surface area contributed by atoms with Crippen molar-refractivity contribution in [3.63, 3.8) is 0 Å². The number of nitrogens with zero attached hydrogens (tertiary/aromatic N) is 1. The third kappa shape index (κ3) is 3.08. The molecule has 0 aliphatic carbocycles. The van der Waals surface area contributed by atoms with Crippen molar-refractivity contribution < 1.29 is 14.3 Å². The van der Waals surface area contributed by atoms with Gasteiger partial charge in [0.15, 0.2) is 0 Å². The van der Waals surface area contributed by atoms with E-state index in [0.29, 0.717) is 23.6 Å². The van der Waals surface area contributed by atoms with Gasteiger partial charge in [-0.25, -0.2) is 4.90 Å². The maximum Gasteiger partial charge on any atom is 0.269 e. The Bertz CT molecular complexity index is 887. The van der Waals surface area contributed by atoms with Crippen molar-refractivity contribution in [2.24, 2.45) is 0 Å². The van der Waals surface area contributed by atoms with E-state index in [1.54, 1.807) is 0 Å². The number of fused-ring (bicyclic) bond motifs is 1. The Balaban J connectivity index is 2.33. The number of carbonyl (C=O) groups is 2. The molecule has 2 aromatic carbocycles. The minimum Gasteiger partial charge on any atom is -0.492 e. The lowest BCUT2D eigenvalue weighted by molar-refractivity contribution is -0.122. The van der Waals surface area contributed by atoms with Crippen LogP contribution >= 0.6 is 22.6 Å². The summed E-state index contributed by atoms with van der Waals surface area (Å²) in [7, 11) is 0. The Hall–Kier alpha value is -2.15. The number of anilines is 1. The predicted octanol–water partition coefficient (Wildman–Crippen LogP) is 4.40. The van der Waals surface area contributed by atoms with Gasteiger partial charge in [0.1, 0.15) is 5.76 Å². The lowest BCUT2D eigenvalue weighted by Gasteiger charge is -2.13. The van der Waals surface area contributed by atoms with Gasteiger partial charge >= 0.3 is 0 Å². The molecule has 0 saturated heterocycles. The Morgan fingerprint density at radius 3 is 2.48 bits per heavy atom. The van der Waals surface area contributed by atoms with Crippen LogP contribution in [0.15, 0.2) is 42.5 Å². The van der Waals surface area contributed by atoms with E-state index in [2.05, 4.69) is 22.6 Å². The maximum absolute atomic E-state index is 13.1. The molecule has 0 bridgehead atoms. The molecule has 0 N–H and O–H groups in total. The molecular formula is C20H18INO3. The fourth-order valence-electron chi connectivity index (χ4n) is 2.96. The minimum absolute atomic E-state index is 0.301. The van der Waals surface area contributed by atoms with Crippen molar-refractivity contribution in [3.05, 3.63) is 62.7 Å². The predicted molar refractivity (Wildman–Crippen MR) is 107 cm³/mol. The van der Waals surface area contributed by atoms with E-state index >= 15 is 0 Å². The Morgan fingerprint density at radius 2 is 1.88 bits per heavy atom. The molecule has 2 aromatic rings. The van der Waals surface area contributed by atoms with Crippen molar-refractivity contribution in [1.82, 2.24) is 0 Å². The number of benzene rings is 2. The Morgan fingerprint density at radius 1 is 1.20 bits per heavy atom. The van der Waals surface area contributed by atoms with Crippen LogP contribution in [-0.2, 0) is 14.3 Å². The van der Waals surface area contributed by atoms with Crippen molar-refractivity contribution in [1.29, 1.82) is 0 Å². The topological polar surface area (TPSA) is 46.6 Å². The van der Waals surface area contributed by atoms with E-state index in [4.69, 9.17) is 4.74 Å². The average Bonchev–Trinajstić information content (AvgIpc) is 2.85. The molecule has 5 heteroatoms. The van der Waals surface area contributed by atoms with Gasteiger partial charge in [0.2, 0.25) is 5.91 Å². The van der Waals surface area contributed by atoms with Crippen LogP contribution < -0.4 is 4.90 Å². The summed E-state index contributed by atoms with van der Waals surface area (Å²) < 4.78 is 6.86. The first kappa shape index (κ1) is 17.7. The van der Waals surface area contributed by atoms with Crippen molar-refractivity contribution in [2.75, 3.05) is 11.5 Å². The number of carbonyl (C=O) groups excluding carboxylic acids is 2. The zero-order valence-corrected chi connectivity index (χ0v) is 16.5. The molecule has 0 saturated carbocycles. The number of hydrogen-bond donors (Lipinski definition) is 0. The fourth-order valence-corrected chi connectivity index (χ4v) is 3.41. The zero-order valence-electron chi connectivity index (χ0n) is 14.3. The Kier molecular flexibility index (Phi) is 4.94. The first-order valence-corrected chi connectivity index (χ1v) is 9.11. The molecule has 1 aliphatic rings. The van der Waals surface area contributed by atoms with Gasteiger partial charge in [-0.1, -0.05) is 30.3 Å². The van der Waals surface area contributed by atoms with Crippen LogP contribution in [0.2, 0.25) is 0 Å². The molecule has 0 radical (unpaired) electrons. The number of aryl methyl sites for hydroxylation is 1. The number of hydrogen-bond acceptors (Lipinski definition) is 3. The van der Waals surface area contributed by atoms with Crippen molar-refractivity contribution >= 4 is 51.4 Å². The molecule has 0 atom stereocenters. The molecule has 3 rings (SSSR count). The van der Waals surface area contributed by atoms with Crippen LogP contribution in [0.4, 0.5) is 5.69 Å². The zero-order chi connectivity index (χ0) is 18.1. The molecule has 2 amide bonds. The molecular weight excluding hydrogens is 429 g/mol. The lowest BCUT2D eigenvalue weighted by Crippen LogP contribution is -2.31. The van der Waals surface area contributed by atoms with Crippen molar-refractivity contribution in [2.45, 2.75) is 20.8 Å². The number of rotatable bonds is 3. The van der Waals surface area contributed by atoms with Crippen LogP contribution in [0.1, 0.15) is 30.5 Å². The van der Waals surface area contributed by atoms with E-state index in [9.17, 15) is 9.59 Å². The van der Waals surface area contributed by atoms with E-state index in [1.807, 2.05) is 56.3 Å². The highest BCUT2D eigenvalue weighted by Gasteiger charge is 2.38. The number of amides is 2. The first-order valence-electron chi connectivity index (χ1n) is 8.03. The third-order valence-electron chi connectivity index (χ3n) is 4.07. The number of imide groups is 1. The van der Waals surface area contributed by atoms with Crippen LogP contribution in [0.25, 0.3) is 11.3 Å². The summed E-state index contributed by atoms with van der Waals surface area (Å²) in [6.45, 7) is 5.70. The van der Waals surface area contributed by atoms with Crippen molar-refractivity contribution in [3.8, 4) is 0 Å². The lowest BCUT2D eigenvalue weighted by atomic mass is 10.0. The second-order valence-electron chi connectivity index (χ2n) is 5.78. The second-order valence-corrected chi connectivity index (χ2v) is 6.94. The van der Waals surface area contributed by atoms with Gasteiger partial charge in [0.25, 0.3) is 5.91 Å². The fraction of sp³-hybridized carbons (Fsp3) is 0.200. The van der Waals surface area contributed by atoms with Crippen LogP contribution in [-0.4, -0.2) is 18.4 Å². The molecule has 0 spiro atoms. The average molecular weight is 447 g/mol. The summed E-state index contributed by atoms with van der Waals surface area (Å²) in [4.78, 5) is 26.4. The highest BCUT2D eigenvalue weighted by molar-refractivity contribution is 14.1. The highest BCUT2D eigenvalue weighted by Crippen LogP contribution is 2.42. The summed E-state index contributed by atoms with van der Waals surface area (Å²) in [6, 6.07) is 13.4. The van der Waals surface area contributed by atoms with Crippen LogP contribution in [0, 0.1) is 10.5 Å². The molecule has 1 heterocycles. The molecule has 4 nitrogen and oxygen atoms in total.